The minimum absolute atomic E-state index is 0.0568. The van der Waals surface area contributed by atoms with Gasteiger partial charge in [-0.25, -0.2) is 8.42 Å². The average Bonchev–Trinajstić information content (AvgIpc) is 2.98. The number of carboxylic acid groups (broad SMARTS) is 1. The molecule has 0 bridgehead atoms. The van der Waals surface area contributed by atoms with Crippen LogP contribution >= 0.6 is 0 Å². The first-order chi connectivity index (χ1) is 10.3. The Morgan fingerprint density at radius 3 is 2.50 bits per heavy atom. The summed E-state index contributed by atoms with van der Waals surface area (Å²) in [5, 5.41) is 12.7. The van der Waals surface area contributed by atoms with Crippen molar-refractivity contribution in [2.24, 2.45) is 5.92 Å². The van der Waals surface area contributed by atoms with E-state index in [0.29, 0.717) is 5.56 Å². The molecule has 0 aliphatic heterocycles. The Bertz CT molecular complexity index is 753. The monoisotopic (exact) mass is 324 g/mol. The number of carboxylic acids is 1. The molecule has 0 radical (unpaired) electrons. The molecular formula is C14H16N2O5S. The van der Waals surface area contributed by atoms with Gasteiger partial charge in [0.1, 0.15) is 6.04 Å². The maximum absolute atomic E-state index is 12.5. The summed E-state index contributed by atoms with van der Waals surface area (Å²) < 4.78 is 32.3. The zero-order valence-corrected chi connectivity index (χ0v) is 12.9. The Morgan fingerprint density at radius 1 is 1.27 bits per heavy atom. The van der Waals surface area contributed by atoms with Gasteiger partial charge in [-0.1, -0.05) is 31.1 Å². The predicted octanol–water partition coefficient (Wildman–Crippen LogP) is 1.73. The lowest BCUT2D eigenvalue weighted by Gasteiger charge is -2.18. The van der Waals surface area contributed by atoms with Gasteiger partial charge >= 0.3 is 5.97 Å². The van der Waals surface area contributed by atoms with E-state index in [9.17, 15) is 13.2 Å². The Morgan fingerprint density at radius 2 is 1.95 bits per heavy atom. The van der Waals surface area contributed by atoms with Crippen LogP contribution in [0.1, 0.15) is 13.8 Å². The fraction of sp³-hybridized carbons (Fsp3) is 0.286. The van der Waals surface area contributed by atoms with Crippen LogP contribution in [-0.4, -0.2) is 30.7 Å². The molecule has 0 amide bonds. The molecule has 0 aliphatic rings. The summed E-state index contributed by atoms with van der Waals surface area (Å²) in [6.45, 7) is 3.26. The molecule has 2 aromatic rings. The van der Waals surface area contributed by atoms with Crippen molar-refractivity contribution in [3.05, 3.63) is 36.5 Å². The summed E-state index contributed by atoms with van der Waals surface area (Å²) in [4.78, 5) is 11.2. The van der Waals surface area contributed by atoms with E-state index in [0.717, 1.165) is 0 Å². The molecule has 0 saturated carbocycles. The second kappa shape index (κ2) is 6.29. The molecule has 7 nitrogen and oxygen atoms in total. The zero-order chi connectivity index (χ0) is 16.3. The molecule has 0 spiro atoms. The Kier molecular flexibility index (Phi) is 4.62. The van der Waals surface area contributed by atoms with E-state index in [4.69, 9.17) is 9.63 Å². The topological polar surface area (TPSA) is 110 Å². The fourth-order valence-corrected chi connectivity index (χ4v) is 3.51. The van der Waals surface area contributed by atoms with Gasteiger partial charge in [-0.3, -0.25) is 4.79 Å². The predicted molar refractivity (Wildman–Crippen MR) is 78.5 cm³/mol. The average molecular weight is 324 g/mol. The highest BCUT2D eigenvalue weighted by Gasteiger charge is 2.29. The second-order valence-electron chi connectivity index (χ2n) is 5.05. The van der Waals surface area contributed by atoms with Crippen LogP contribution in [0.25, 0.3) is 11.3 Å². The van der Waals surface area contributed by atoms with Crippen molar-refractivity contribution in [2.45, 2.75) is 24.8 Å². The molecule has 1 heterocycles. The Hall–Kier alpha value is -2.19. The number of nitrogens with one attached hydrogen (secondary N) is 1. The van der Waals surface area contributed by atoms with Crippen LogP contribution in [0.4, 0.5) is 0 Å². The van der Waals surface area contributed by atoms with Crippen molar-refractivity contribution in [1.82, 2.24) is 9.88 Å². The van der Waals surface area contributed by atoms with Gasteiger partial charge in [0.25, 0.3) is 0 Å². The van der Waals surface area contributed by atoms with Gasteiger partial charge in [0.15, 0.2) is 5.76 Å². The van der Waals surface area contributed by atoms with Crippen molar-refractivity contribution in [3.63, 3.8) is 0 Å². The molecule has 1 aromatic heterocycles. The van der Waals surface area contributed by atoms with Crippen LogP contribution in [0.2, 0.25) is 0 Å². The van der Waals surface area contributed by atoms with E-state index >= 15 is 0 Å². The van der Waals surface area contributed by atoms with E-state index in [1.54, 1.807) is 32.0 Å². The van der Waals surface area contributed by atoms with Gasteiger partial charge in [0.2, 0.25) is 10.0 Å². The first-order valence-corrected chi connectivity index (χ1v) is 8.06. The molecule has 0 saturated heterocycles. The normalized spacial score (nSPS) is 13.2. The summed E-state index contributed by atoms with van der Waals surface area (Å²) in [6.07, 6.45) is 1.40. The van der Waals surface area contributed by atoms with Gasteiger partial charge in [0.05, 0.1) is 11.1 Å². The number of rotatable bonds is 6. The van der Waals surface area contributed by atoms with E-state index < -0.39 is 28.0 Å². The molecule has 1 aromatic carbocycles. The highest BCUT2D eigenvalue weighted by atomic mass is 32.2. The standard InChI is InChI=1S/C14H16N2O5S/c1-9(2)13(14(17)18)16-22(19,20)12-6-4-3-5-10(12)11-7-8-15-21-11/h3-9,13,16H,1-2H3,(H,17,18)/t13-/m1/s1. The molecule has 2 rings (SSSR count). The van der Waals surface area contributed by atoms with Gasteiger partial charge < -0.3 is 9.63 Å². The van der Waals surface area contributed by atoms with Crippen LogP contribution in [0, 0.1) is 5.92 Å². The summed E-state index contributed by atoms with van der Waals surface area (Å²) in [6, 6.07) is 6.49. The second-order valence-corrected chi connectivity index (χ2v) is 6.74. The van der Waals surface area contributed by atoms with Gasteiger partial charge in [-0.2, -0.15) is 4.72 Å². The van der Waals surface area contributed by atoms with Crippen LogP contribution in [-0.2, 0) is 14.8 Å². The summed E-state index contributed by atoms with van der Waals surface area (Å²) in [5.74, 6) is -1.34. The first-order valence-electron chi connectivity index (χ1n) is 6.58. The molecular weight excluding hydrogens is 308 g/mol. The SMILES string of the molecule is CC(C)[C@@H](NS(=O)(=O)c1ccccc1-c1ccno1)C(=O)O. The number of sulfonamides is 1. The maximum atomic E-state index is 12.5. The van der Waals surface area contributed by atoms with Gasteiger partial charge in [-0.15, -0.1) is 0 Å². The summed E-state index contributed by atoms with van der Waals surface area (Å²) in [5.41, 5.74) is 0.320. The van der Waals surface area contributed by atoms with Gasteiger partial charge in [0, 0.05) is 11.6 Å². The highest BCUT2D eigenvalue weighted by Crippen LogP contribution is 2.27. The van der Waals surface area contributed by atoms with E-state index in [1.165, 1.54) is 18.3 Å². The lowest BCUT2D eigenvalue weighted by atomic mass is 10.1. The van der Waals surface area contributed by atoms with E-state index in [1.807, 2.05) is 0 Å². The van der Waals surface area contributed by atoms with Crippen molar-refractivity contribution in [3.8, 4) is 11.3 Å². The van der Waals surface area contributed by atoms with Crippen LogP contribution in [0.15, 0.2) is 45.9 Å². The number of nitrogens with zero attached hydrogens (tertiary/aromatic N) is 1. The Balaban J connectivity index is 2.45. The summed E-state index contributed by atoms with van der Waals surface area (Å²) in [7, 11) is -4.02. The molecule has 22 heavy (non-hydrogen) atoms. The van der Waals surface area contributed by atoms with E-state index in [-0.39, 0.29) is 10.7 Å². The smallest absolute Gasteiger partial charge is 0.322 e. The van der Waals surface area contributed by atoms with Gasteiger partial charge in [-0.05, 0) is 18.1 Å². The third-order valence-electron chi connectivity index (χ3n) is 3.09. The number of hydrogen-bond acceptors (Lipinski definition) is 5. The first kappa shape index (κ1) is 16.2. The number of hydrogen-bond donors (Lipinski definition) is 2. The molecule has 2 N–H and O–H groups in total. The Labute approximate surface area is 128 Å². The molecule has 118 valence electrons. The number of aliphatic carboxylic acids is 1. The quantitative estimate of drug-likeness (QED) is 0.837. The largest absolute Gasteiger partial charge is 0.480 e. The zero-order valence-electron chi connectivity index (χ0n) is 12.1. The van der Waals surface area contributed by atoms with E-state index in [2.05, 4.69) is 9.88 Å². The van der Waals surface area contributed by atoms with Crippen LogP contribution in [0.5, 0.6) is 0 Å². The van der Waals surface area contributed by atoms with Crippen molar-refractivity contribution >= 4 is 16.0 Å². The number of carbonyl (C=O) groups is 1. The molecule has 8 heteroatoms. The molecule has 0 fully saturated rings. The molecule has 0 aliphatic carbocycles. The minimum atomic E-state index is -4.02. The third-order valence-corrected chi connectivity index (χ3v) is 4.59. The molecule has 1 atom stereocenters. The van der Waals surface area contributed by atoms with Crippen LogP contribution < -0.4 is 4.72 Å². The lowest BCUT2D eigenvalue weighted by Crippen LogP contribution is -2.44. The number of benzene rings is 1. The molecule has 0 unspecified atom stereocenters. The van der Waals surface area contributed by atoms with Crippen LogP contribution in [0.3, 0.4) is 0 Å². The minimum Gasteiger partial charge on any atom is -0.480 e. The maximum Gasteiger partial charge on any atom is 0.322 e. The number of aromatic nitrogens is 1. The van der Waals surface area contributed by atoms with Crippen molar-refractivity contribution in [2.75, 3.05) is 0 Å². The third kappa shape index (κ3) is 3.34. The summed E-state index contributed by atoms with van der Waals surface area (Å²) >= 11 is 0. The highest BCUT2D eigenvalue weighted by molar-refractivity contribution is 7.89. The fourth-order valence-electron chi connectivity index (χ4n) is 1.96. The van der Waals surface area contributed by atoms with Crippen molar-refractivity contribution < 1.29 is 22.8 Å². The van der Waals surface area contributed by atoms with Crippen molar-refractivity contribution in [1.29, 1.82) is 0 Å². The lowest BCUT2D eigenvalue weighted by molar-refractivity contribution is -0.140.